The highest BCUT2D eigenvalue weighted by atomic mass is 35.5. The van der Waals surface area contributed by atoms with E-state index in [1.165, 1.54) is 0 Å². The zero-order chi connectivity index (χ0) is 20.6. The Morgan fingerprint density at radius 3 is 2.32 bits per heavy atom. The van der Waals surface area contributed by atoms with Gasteiger partial charge in [0.15, 0.2) is 0 Å². The van der Waals surface area contributed by atoms with E-state index in [0.717, 1.165) is 54.4 Å². The monoisotopic (exact) mass is 404 g/mol. The van der Waals surface area contributed by atoms with Crippen molar-refractivity contribution in [3.63, 3.8) is 0 Å². The molecule has 1 aliphatic rings. The number of nitrogens with zero attached hydrogens (tertiary/aromatic N) is 1. The number of nitrogens with one attached hydrogen (secondary N) is 1. The number of benzene rings is 2. The first-order chi connectivity index (χ1) is 13.3. The molecule has 1 heterocycles. The Morgan fingerprint density at radius 1 is 1.14 bits per heavy atom. The molecule has 0 atom stereocenters. The molecule has 0 saturated carbocycles. The molecule has 2 aromatic carbocycles. The third kappa shape index (κ3) is 7.15. The van der Waals surface area contributed by atoms with Crippen molar-refractivity contribution < 1.29 is 14.6 Å². The smallest absolute Gasteiger partial charge is 0.293 e. The first-order valence-electron chi connectivity index (χ1n) is 9.41. The topological polar surface area (TPSA) is 61.8 Å². The lowest BCUT2D eigenvalue weighted by molar-refractivity contribution is -0.138. The van der Waals surface area contributed by atoms with Gasteiger partial charge in [0.25, 0.3) is 6.47 Å². The molecular weight excluding hydrogens is 376 g/mol. The lowest BCUT2D eigenvalue weighted by atomic mass is 9.98. The molecule has 0 aliphatic carbocycles. The summed E-state index contributed by atoms with van der Waals surface area (Å²) >= 11 is 5.96. The molecule has 0 bridgehead atoms. The number of ether oxygens (including phenoxy) is 1. The van der Waals surface area contributed by atoms with Gasteiger partial charge in [0.1, 0.15) is 11.4 Å². The molecule has 1 fully saturated rings. The normalized spacial score (nSPS) is 14.7. The number of halogens is 1. The summed E-state index contributed by atoms with van der Waals surface area (Å²) in [6, 6.07) is 13.5. The summed E-state index contributed by atoms with van der Waals surface area (Å²) in [5, 5.41) is 14.3. The van der Waals surface area contributed by atoms with Gasteiger partial charge in [-0.1, -0.05) is 35.9 Å². The number of phenols is 1. The minimum absolute atomic E-state index is 0.318. The van der Waals surface area contributed by atoms with Crippen LogP contribution in [0.4, 0.5) is 0 Å². The fraction of sp³-hybridized carbons (Fsp3) is 0.409. The zero-order valence-corrected chi connectivity index (χ0v) is 17.5. The van der Waals surface area contributed by atoms with E-state index in [1.807, 2.05) is 51.1 Å². The van der Waals surface area contributed by atoms with Gasteiger partial charge in [0.05, 0.1) is 0 Å². The van der Waals surface area contributed by atoms with Gasteiger partial charge >= 0.3 is 0 Å². The molecule has 28 heavy (non-hydrogen) atoms. The van der Waals surface area contributed by atoms with Crippen molar-refractivity contribution in [3.05, 3.63) is 53.1 Å². The van der Waals surface area contributed by atoms with Crippen LogP contribution in [-0.4, -0.2) is 48.3 Å². The van der Waals surface area contributed by atoms with Crippen molar-refractivity contribution >= 4 is 18.1 Å². The molecule has 3 rings (SSSR count). The SMILES string of the molecule is CC(C)(C)OC=O.Oc1cccc(-c2ccc(Cl)cc2)c1CN1CCNCC1. The van der Waals surface area contributed by atoms with E-state index >= 15 is 0 Å². The van der Waals surface area contributed by atoms with E-state index in [4.69, 9.17) is 11.6 Å². The van der Waals surface area contributed by atoms with Crippen LogP contribution in [0.1, 0.15) is 26.3 Å². The second kappa shape index (κ2) is 10.5. The van der Waals surface area contributed by atoms with Crippen LogP contribution in [-0.2, 0) is 16.1 Å². The van der Waals surface area contributed by atoms with Crippen molar-refractivity contribution in [1.29, 1.82) is 0 Å². The highest BCUT2D eigenvalue weighted by Crippen LogP contribution is 2.31. The van der Waals surface area contributed by atoms with Gasteiger partial charge in [-0.05, 0) is 50.1 Å². The standard InChI is InChI=1S/C17H19ClN2O.C5H10O2/c18-14-6-4-13(5-7-14)15-2-1-3-17(21)16(15)12-20-10-8-19-9-11-20;1-5(2,3)7-4-6/h1-7,19,21H,8-12H2;4H,1-3H3. The third-order valence-corrected chi connectivity index (χ3v) is 4.55. The molecule has 0 amide bonds. The molecule has 1 aliphatic heterocycles. The molecule has 1 saturated heterocycles. The quantitative estimate of drug-likeness (QED) is 0.752. The van der Waals surface area contributed by atoms with Crippen molar-refractivity contribution in [1.82, 2.24) is 10.2 Å². The van der Waals surface area contributed by atoms with E-state index in [2.05, 4.69) is 21.0 Å². The zero-order valence-electron chi connectivity index (χ0n) is 16.7. The number of piperazine rings is 1. The van der Waals surface area contributed by atoms with Gasteiger partial charge in [-0.3, -0.25) is 9.69 Å². The van der Waals surface area contributed by atoms with E-state index in [9.17, 15) is 9.90 Å². The summed E-state index contributed by atoms with van der Waals surface area (Å²) < 4.78 is 4.55. The Balaban J connectivity index is 0.000000345. The van der Waals surface area contributed by atoms with Crippen LogP contribution in [0.25, 0.3) is 11.1 Å². The molecule has 0 aromatic heterocycles. The van der Waals surface area contributed by atoms with Crippen LogP contribution in [0, 0.1) is 0 Å². The first-order valence-corrected chi connectivity index (χ1v) is 9.79. The first kappa shape index (κ1) is 22.2. The van der Waals surface area contributed by atoms with Crippen molar-refractivity contribution in [2.45, 2.75) is 32.9 Å². The van der Waals surface area contributed by atoms with E-state index in [-0.39, 0.29) is 5.60 Å². The number of aromatic hydroxyl groups is 1. The molecule has 6 heteroatoms. The average molecular weight is 405 g/mol. The van der Waals surface area contributed by atoms with Gasteiger partial charge < -0.3 is 15.2 Å². The van der Waals surface area contributed by atoms with Crippen molar-refractivity contribution in [2.24, 2.45) is 0 Å². The summed E-state index contributed by atoms with van der Waals surface area (Å²) in [5.74, 6) is 0.362. The van der Waals surface area contributed by atoms with Gasteiger partial charge in [-0.15, -0.1) is 0 Å². The average Bonchev–Trinajstić information content (AvgIpc) is 2.65. The number of rotatable bonds is 4. The molecule has 2 N–H and O–H groups in total. The maximum absolute atomic E-state index is 10.3. The van der Waals surface area contributed by atoms with E-state index in [1.54, 1.807) is 6.07 Å². The minimum Gasteiger partial charge on any atom is -0.508 e. The van der Waals surface area contributed by atoms with E-state index < -0.39 is 0 Å². The molecule has 152 valence electrons. The summed E-state index contributed by atoms with van der Waals surface area (Å²) in [4.78, 5) is 12.0. The Hall–Kier alpha value is -2.08. The lowest BCUT2D eigenvalue weighted by Crippen LogP contribution is -2.42. The molecule has 5 nitrogen and oxygen atoms in total. The fourth-order valence-corrected chi connectivity index (χ4v) is 3.00. The van der Waals surface area contributed by atoms with Crippen molar-refractivity contribution in [3.8, 4) is 16.9 Å². The third-order valence-electron chi connectivity index (χ3n) is 4.30. The summed E-state index contributed by atoms with van der Waals surface area (Å²) in [7, 11) is 0. The van der Waals surface area contributed by atoms with Gasteiger partial charge in [-0.2, -0.15) is 0 Å². The number of carbonyl (C=O) groups excluding carboxylic acids is 1. The maximum atomic E-state index is 10.3. The Kier molecular flexibility index (Phi) is 8.30. The van der Waals surface area contributed by atoms with Crippen LogP contribution in [0.15, 0.2) is 42.5 Å². The van der Waals surface area contributed by atoms with Crippen LogP contribution in [0.5, 0.6) is 5.75 Å². The molecule has 2 aromatic rings. The van der Waals surface area contributed by atoms with Crippen molar-refractivity contribution in [2.75, 3.05) is 26.2 Å². The van der Waals surface area contributed by atoms with Gasteiger partial charge in [0, 0.05) is 43.3 Å². The van der Waals surface area contributed by atoms with Gasteiger partial charge in [0.2, 0.25) is 0 Å². The number of carbonyl (C=O) groups is 1. The van der Waals surface area contributed by atoms with Crippen LogP contribution >= 0.6 is 11.6 Å². The summed E-state index contributed by atoms with van der Waals surface area (Å²) in [5.41, 5.74) is 2.83. The van der Waals surface area contributed by atoms with Crippen LogP contribution in [0.2, 0.25) is 5.02 Å². The Labute approximate surface area is 172 Å². The number of phenolic OH excluding ortho intramolecular Hbond substituents is 1. The fourth-order valence-electron chi connectivity index (χ4n) is 2.88. The van der Waals surface area contributed by atoms with E-state index in [0.29, 0.717) is 12.2 Å². The Morgan fingerprint density at radius 2 is 1.79 bits per heavy atom. The van der Waals surface area contributed by atoms with Crippen LogP contribution in [0.3, 0.4) is 0 Å². The summed E-state index contributed by atoms with van der Waals surface area (Å²) in [6.07, 6.45) is 0. The lowest BCUT2D eigenvalue weighted by Gasteiger charge is -2.28. The Bertz CT molecular complexity index is 751. The number of hydrogen-bond donors (Lipinski definition) is 2. The predicted octanol–water partition coefficient (Wildman–Crippen LogP) is 4.08. The largest absolute Gasteiger partial charge is 0.508 e. The minimum atomic E-state index is -0.318. The highest BCUT2D eigenvalue weighted by molar-refractivity contribution is 6.30. The number of hydrogen-bond acceptors (Lipinski definition) is 5. The van der Waals surface area contributed by atoms with Crippen LogP contribution < -0.4 is 5.32 Å². The summed E-state index contributed by atoms with van der Waals surface area (Å²) in [6.45, 7) is 10.7. The maximum Gasteiger partial charge on any atom is 0.293 e. The second-order valence-corrected chi connectivity index (χ2v) is 8.10. The highest BCUT2D eigenvalue weighted by Gasteiger charge is 2.16. The molecular formula is C22H29ClN2O3. The second-order valence-electron chi connectivity index (χ2n) is 7.66. The van der Waals surface area contributed by atoms with Gasteiger partial charge in [-0.25, -0.2) is 0 Å². The predicted molar refractivity (Wildman–Crippen MR) is 114 cm³/mol. The molecule has 0 spiro atoms. The molecule has 0 radical (unpaired) electrons. The molecule has 0 unspecified atom stereocenters.